The van der Waals surface area contributed by atoms with Crippen molar-refractivity contribution >= 4 is 5.91 Å². The number of fused-ring (bicyclic) bond motifs is 1. The van der Waals surface area contributed by atoms with Crippen LogP contribution in [0.5, 0.6) is 0 Å². The Morgan fingerprint density at radius 2 is 2.27 bits per heavy atom. The van der Waals surface area contributed by atoms with Crippen LogP contribution in [0.25, 0.3) is 0 Å². The van der Waals surface area contributed by atoms with E-state index in [4.69, 9.17) is 0 Å². The van der Waals surface area contributed by atoms with Gasteiger partial charge in [0.25, 0.3) is 0 Å². The molecule has 1 atom stereocenters. The van der Waals surface area contributed by atoms with Gasteiger partial charge < -0.3 is 5.32 Å². The Morgan fingerprint density at radius 1 is 1.41 bits per heavy atom. The minimum absolute atomic E-state index is 0.0309. The summed E-state index contributed by atoms with van der Waals surface area (Å²) in [4.78, 5) is 12.4. The van der Waals surface area contributed by atoms with Crippen LogP contribution < -0.4 is 5.32 Å². The highest BCUT2D eigenvalue weighted by Crippen LogP contribution is 2.31. The van der Waals surface area contributed by atoms with Crippen molar-refractivity contribution in [1.29, 1.82) is 0 Å². The van der Waals surface area contributed by atoms with E-state index in [1.807, 2.05) is 30.2 Å². The Labute approximate surface area is 131 Å². The zero-order chi connectivity index (χ0) is 15.4. The average Bonchev–Trinajstić information content (AvgIpc) is 2.96. The molecule has 4 nitrogen and oxygen atoms in total. The van der Waals surface area contributed by atoms with Crippen molar-refractivity contribution in [3.05, 3.63) is 53.3 Å². The van der Waals surface area contributed by atoms with Gasteiger partial charge in [0.2, 0.25) is 5.91 Å². The molecule has 2 aromatic rings. The summed E-state index contributed by atoms with van der Waals surface area (Å²) in [5.41, 5.74) is 3.78. The largest absolute Gasteiger partial charge is 0.356 e. The van der Waals surface area contributed by atoms with Crippen molar-refractivity contribution in [3.63, 3.8) is 0 Å². The molecule has 1 amide bonds. The normalized spacial score (nSPS) is 17.0. The topological polar surface area (TPSA) is 46.9 Å². The number of aromatic nitrogens is 2. The van der Waals surface area contributed by atoms with Gasteiger partial charge in [0, 0.05) is 19.8 Å². The van der Waals surface area contributed by atoms with E-state index in [2.05, 4.69) is 28.6 Å². The molecule has 1 aromatic carbocycles. The molecule has 116 valence electrons. The monoisotopic (exact) mass is 297 g/mol. The Balaban J connectivity index is 1.50. The molecule has 0 aliphatic heterocycles. The van der Waals surface area contributed by atoms with Crippen molar-refractivity contribution < 1.29 is 4.79 Å². The first-order valence-corrected chi connectivity index (χ1v) is 8.07. The highest BCUT2D eigenvalue weighted by Gasteiger charge is 2.25. The van der Waals surface area contributed by atoms with Crippen molar-refractivity contribution in [3.8, 4) is 0 Å². The standard InChI is InChI=1S/C18H23N3O/c1-21-13-14(12-20-21)6-5-11-19-18(22)17-10-4-8-15-7-2-3-9-16(15)17/h2-3,7,9,12-13,17H,4-6,8,10-11H2,1H3,(H,19,22)/t17-/m1/s1. The number of rotatable bonds is 5. The number of hydrogen-bond acceptors (Lipinski definition) is 2. The maximum absolute atomic E-state index is 12.4. The molecular formula is C18H23N3O. The molecule has 1 aromatic heterocycles. The summed E-state index contributed by atoms with van der Waals surface area (Å²) in [5.74, 6) is 0.210. The number of carbonyl (C=O) groups is 1. The van der Waals surface area contributed by atoms with E-state index in [0.717, 1.165) is 38.6 Å². The lowest BCUT2D eigenvalue weighted by Gasteiger charge is -2.24. The summed E-state index contributed by atoms with van der Waals surface area (Å²) in [5, 5.41) is 7.26. The highest BCUT2D eigenvalue weighted by atomic mass is 16.1. The lowest BCUT2D eigenvalue weighted by molar-refractivity contribution is -0.122. The zero-order valence-corrected chi connectivity index (χ0v) is 13.1. The van der Waals surface area contributed by atoms with E-state index in [-0.39, 0.29) is 11.8 Å². The Kier molecular flexibility index (Phi) is 4.56. The predicted octanol–water partition coefficient (Wildman–Crippen LogP) is 2.59. The van der Waals surface area contributed by atoms with Crippen LogP contribution >= 0.6 is 0 Å². The lowest BCUT2D eigenvalue weighted by Crippen LogP contribution is -2.32. The molecule has 0 radical (unpaired) electrons. The molecular weight excluding hydrogens is 274 g/mol. The van der Waals surface area contributed by atoms with E-state index < -0.39 is 0 Å². The SMILES string of the molecule is Cn1cc(CCCNC(=O)[C@@H]2CCCc3ccccc32)cn1. The third kappa shape index (κ3) is 3.38. The van der Waals surface area contributed by atoms with E-state index >= 15 is 0 Å². The summed E-state index contributed by atoms with van der Waals surface area (Å²) in [6.45, 7) is 0.729. The molecule has 3 rings (SSSR count). The van der Waals surface area contributed by atoms with E-state index in [1.165, 1.54) is 16.7 Å². The van der Waals surface area contributed by atoms with Gasteiger partial charge in [0.05, 0.1) is 12.1 Å². The number of hydrogen-bond donors (Lipinski definition) is 1. The van der Waals surface area contributed by atoms with Crippen LogP contribution in [0.3, 0.4) is 0 Å². The number of nitrogens with one attached hydrogen (secondary N) is 1. The van der Waals surface area contributed by atoms with Gasteiger partial charge in [-0.05, 0) is 48.8 Å². The maximum Gasteiger partial charge on any atom is 0.227 e. The Hall–Kier alpha value is -2.10. The fourth-order valence-electron chi connectivity index (χ4n) is 3.25. The van der Waals surface area contributed by atoms with E-state index in [9.17, 15) is 4.79 Å². The van der Waals surface area contributed by atoms with Crippen molar-refractivity contribution in [2.75, 3.05) is 6.54 Å². The fraction of sp³-hybridized carbons (Fsp3) is 0.444. The molecule has 1 N–H and O–H groups in total. The molecule has 0 spiro atoms. The molecule has 0 saturated carbocycles. The molecule has 4 heteroatoms. The van der Waals surface area contributed by atoms with Gasteiger partial charge in [-0.3, -0.25) is 9.48 Å². The van der Waals surface area contributed by atoms with Gasteiger partial charge >= 0.3 is 0 Å². The predicted molar refractivity (Wildman–Crippen MR) is 86.7 cm³/mol. The summed E-state index contributed by atoms with van der Waals surface area (Å²) in [6, 6.07) is 8.35. The van der Waals surface area contributed by atoms with Crippen LogP contribution in [-0.4, -0.2) is 22.2 Å². The summed E-state index contributed by atoms with van der Waals surface area (Å²) in [6.07, 6.45) is 8.98. The molecule has 0 bridgehead atoms. The maximum atomic E-state index is 12.4. The summed E-state index contributed by atoms with van der Waals surface area (Å²) < 4.78 is 1.81. The summed E-state index contributed by atoms with van der Waals surface area (Å²) >= 11 is 0. The van der Waals surface area contributed by atoms with Crippen LogP contribution in [0.15, 0.2) is 36.7 Å². The first-order valence-electron chi connectivity index (χ1n) is 8.07. The third-order valence-electron chi connectivity index (χ3n) is 4.39. The third-order valence-corrected chi connectivity index (χ3v) is 4.39. The second-order valence-corrected chi connectivity index (χ2v) is 6.06. The molecule has 0 fully saturated rings. The second kappa shape index (κ2) is 6.77. The van der Waals surface area contributed by atoms with Crippen LogP contribution in [-0.2, 0) is 24.7 Å². The van der Waals surface area contributed by atoms with Crippen molar-refractivity contribution in [2.45, 2.75) is 38.0 Å². The first-order chi connectivity index (χ1) is 10.7. The lowest BCUT2D eigenvalue weighted by atomic mass is 9.82. The highest BCUT2D eigenvalue weighted by molar-refractivity contribution is 5.84. The molecule has 1 aliphatic carbocycles. The Morgan fingerprint density at radius 3 is 3.09 bits per heavy atom. The Bertz CT molecular complexity index is 647. The minimum Gasteiger partial charge on any atom is -0.356 e. The van der Waals surface area contributed by atoms with Gasteiger partial charge in [-0.2, -0.15) is 5.10 Å². The smallest absolute Gasteiger partial charge is 0.227 e. The molecule has 1 aliphatic rings. The van der Waals surface area contributed by atoms with Gasteiger partial charge in [-0.15, -0.1) is 0 Å². The van der Waals surface area contributed by atoms with Crippen LogP contribution in [0.1, 0.15) is 41.9 Å². The van der Waals surface area contributed by atoms with E-state index in [1.54, 1.807) is 0 Å². The second-order valence-electron chi connectivity index (χ2n) is 6.06. The minimum atomic E-state index is 0.0309. The summed E-state index contributed by atoms with van der Waals surface area (Å²) in [7, 11) is 1.92. The number of aryl methyl sites for hydroxylation is 3. The van der Waals surface area contributed by atoms with Crippen LogP contribution in [0.2, 0.25) is 0 Å². The van der Waals surface area contributed by atoms with Gasteiger partial charge in [-0.25, -0.2) is 0 Å². The van der Waals surface area contributed by atoms with Gasteiger partial charge in [0.15, 0.2) is 0 Å². The van der Waals surface area contributed by atoms with Crippen molar-refractivity contribution in [2.24, 2.45) is 7.05 Å². The fourth-order valence-corrected chi connectivity index (χ4v) is 3.25. The zero-order valence-electron chi connectivity index (χ0n) is 13.1. The van der Waals surface area contributed by atoms with Crippen LogP contribution in [0, 0.1) is 0 Å². The van der Waals surface area contributed by atoms with E-state index in [0.29, 0.717) is 0 Å². The molecule has 0 saturated heterocycles. The number of carbonyl (C=O) groups excluding carboxylic acids is 1. The molecule has 1 heterocycles. The van der Waals surface area contributed by atoms with Crippen molar-refractivity contribution in [1.82, 2.24) is 15.1 Å². The quantitative estimate of drug-likeness (QED) is 0.862. The molecule has 0 unspecified atom stereocenters. The van der Waals surface area contributed by atoms with Crippen LogP contribution in [0.4, 0.5) is 0 Å². The number of nitrogens with zero attached hydrogens (tertiary/aromatic N) is 2. The number of amides is 1. The van der Waals surface area contributed by atoms with Gasteiger partial charge in [0.1, 0.15) is 0 Å². The molecule has 22 heavy (non-hydrogen) atoms. The average molecular weight is 297 g/mol. The number of benzene rings is 1. The van der Waals surface area contributed by atoms with Gasteiger partial charge in [-0.1, -0.05) is 24.3 Å². The first kappa shape index (κ1) is 14.8.